The number of benzene rings is 3. The van der Waals surface area contributed by atoms with E-state index in [1.807, 2.05) is 18.2 Å². The number of amides is 2. The molecule has 156 valence electrons. The van der Waals surface area contributed by atoms with Gasteiger partial charge in [-0.2, -0.15) is 0 Å². The molecular weight excluding hydrogens is 435 g/mol. The van der Waals surface area contributed by atoms with E-state index in [2.05, 4.69) is 15.6 Å². The van der Waals surface area contributed by atoms with E-state index in [1.54, 1.807) is 60.0 Å². The van der Waals surface area contributed by atoms with Crippen molar-refractivity contribution in [2.75, 3.05) is 10.6 Å². The summed E-state index contributed by atoms with van der Waals surface area (Å²) in [7, 11) is 0. The van der Waals surface area contributed by atoms with Gasteiger partial charge in [-0.05, 0) is 67.1 Å². The summed E-state index contributed by atoms with van der Waals surface area (Å²) < 4.78 is 1.59. The highest BCUT2D eigenvalue weighted by molar-refractivity contribution is 6.30. The Labute approximate surface area is 188 Å². The Hall–Kier alpha value is -3.35. The van der Waals surface area contributed by atoms with Crippen molar-refractivity contribution in [2.45, 2.75) is 13.5 Å². The lowest BCUT2D eigenvalue weighted by atomic mass is 10.2. The molecule has 2 amide bonds. The minimum atomic E-state index is -0.430. The standard InChI is InChI=1S/C23H18Cl2N4O2/c1-14-26-21-10-9-19(28-23(31)27-18-7-5-16(24)6-8-18)12-20(21)22(30)29(14)13-15-3-2-4-17(25)11-15/h2-12H,13H2,1H3,(H2,27,28,31). The highest BCUT2D eigenvalue weighted by Crippen LogP contribution is 2.18. The SMILES string of the molecule is Cc1nc2ccc(NC(=O)Nc3ccc(Cl)cc3)cc2c(=O)n1Cc1cccc(Cl)c1. The number of anilines is 2. The Bertz CT molecular complexity index is 1330. The molecule has 0 aliphatic carbocycles. The molecular formula is C23H18Cl2N4O2. The second kappa shape index (κ2) is 8.79. The largest absolute Gasteiger partial charge is 0.323 e. The number of halogens is 2. The van der Waals surface area contributed by atoms with E-state index in [0.717, 1.165) is 5.56 Å². The summed E-state index contributed by atoms with van der Waals surface area (Å²) in [6.07, 6.45) is 0. The fourth-order valence-corrected chi connectivity index (χ4v) is 3.58. The Morgan fingerprint density at radius 1 is 0.935 bits per heavy atom. The number of nitrogens with one attached hydrogen (secondary N) is 2. The lowest BCUT2D eigenvalue weighted by molar-refractivity contribution is 0.262. The maximum absolute atomic E-state index is 13.1. The predicted molar refractivity (Wildman–Crippen MR) is 125 cm³/mol. The molecule has 3 aromatic carbocycles. The first-order valence-corrected chi connectivity index (χ1v) is 10.2. The third kappa shape index (κ3) is 4.87. The van der Waals surface area contributed by atoms with E-state index >= 15 is 0 Å². The van der Waals surface area contributed by atoms with E-state index in [4.69, 9.17) is 23.2 Å². The van der Waals surface area contributed by atoms with Crippen molar-refractivity contribution >= 4 is 51.5 Å². The molecule has 2 N–H and O–H groups in total. The first kappa shape index (κ1) is 20.9. The van der Waals surface area contributed by atoms with E-state index in [1.165, 1.54) is 0 Å². The van der Waals surface area contributed by atoms with E-state index in [0.29, 0.717) is 44.7 Å². The van der Waals surface area contributed by atoms with Gasteiger partial charge in [0.05, 0.1) is 17.4 Å². The smallest absolute Gasteiger partial charge is 0.308 e. The van der Waals surface area contributed by atoms with Gasteiger partial charge >= 0.3 is 6.03 Å². The maximum Gasteiger partial charge on any atom is 0.323 e. The molecule has 0 unspecified atom stereocenters. The fourth-order valence-electron chi connectivity index (χ4n) is 3.24. The van der Waals surface area contributed by atoms with Crippen LogP contribution in [0.4, 0.5) is 16.2 Å². The van der Waals surface area contributed by atoms with Crippen molar-refractivity contribution in [3.63, 3.8) is 0 Å². The number of nitrogens with zero attached hydrogens (tertiary/aromatic N) is 2. The van der Waals surface area contributed by atoms with Crippen LogP contribution in [0.5, 0.6) is 0 Å². The second-order valence-electron chi connectivity index (χ2n) is 7.00. The van der Waals surface area contributed by atoms with Gasteiger partial charge in [0.15, 0.2) is 0 Å². The molecule has 0 bridgehead atoms. The number of rotatable bonds is 4. The van der Waals surface area contributed by atoms with E-state index < -0.39 is 6.03 Å². The minimum absolute atomic E-state index is 0.191. The molecule has 1 heterocycles. The number of carbonyl (C=O) groups excluding carboxylic acids is 1. The third-order valence-electron chi connectivity index (χ3n) is 4.73. The summed E-state index contributed by atoms with van der Waals surface area (Å²) in [5.74, 6) is 0.596. The summed E-state index contributed by atoms with van der Waals surface area (Å²) in [5.41, 5.74) is 2.35. The van der Waals surface area contributed by atoms with Crippen molar-refractivity contribution in [3.8, 4) is 0 Å². The average Bonchev–Trinajstić information content (AvgIpc) is 2.73. The number of hydrogen-bond acceptors (Lipinski definition) is 3. The Morgan fingerprint density at radius 3 is 2.39 bits per heavy atom. The molecule has 0 aliphatic heterocycles. The molecule has 0 saturated carbocycles. The molecule has 0 radical (unpaired) electrons. The Morgan fingerprint density at radius 2 is 1.65 bits per heavy atom. The van der Waals surface area contributed by atoms with Gasteiger partial charge in [0, 0.05) is 21.4 Å². The number of fused-ring (bicyclic) bond motifs is 1. The molecule has 0 spiro atoms. The molecule has 31 heavy (non-hydrogen) atoms. The lowest BCUT2D eigenvalue weighted by Gasteiger charge is -2.12. The van der Waals surface area contributed by atoms with Gasteiger partial charge in [-0.1, -0.05) is 35.3 Å². The van der Waals surface area contributed by atoms with Crippen molar-refractivity contribution in [2.24, 2.45) is 0 Å². The number of aryl methyl sites for hydroxylation is 1. The van der Waals surface area contributed by atoms with Gasteiger partial charge in [0.2, 0.25) is 0 Å². The number of aromatic nitrogens is 2. The third-order valence-corrected chi connectivity index (χ3v) is 5.22. The van der Waals surface area contributed by atoms with Crippen LogP contribution in [0.1, 0.15) is 11.4 Å². The topological polar surface area (TPSA) is 76.0 Å². The summed E-state index contributed by atoms with van der Waals surface area (Å²) >= 11 is 11.9. The van der Waals surface area contributed by atoms with Crippen LogP contribution in [0, 0.1) is 6.92 Å². The summed E-state index contributed by atoms with van der Waals surface area (Å²) in [5, 5.41) is 7.06. The van der Waals surface area contributed by atoms with Crippen LogP contribution in [0.25, 0.3) is 10.9 Å². The summed E-state index contributed by atoms with van der Waals surface area (Å²) in [6.45, 7) is 2.14. The van der Waals surface area contributed by atoms with Crippen LogP contribution in [0.3, 0.4) is 0 Å². The van der Waals surface area contributed by atoms with Gasteiger partial charge in [0.25, 0.3) is 5.56 Å². The van der Waals surface area contributed by atoms with E-state index in [-0.39, 0.29) is 5.56 Å². The molecule has 0 aliphatic rings. The fraction of sp³-hybridized carbons (Fsp3) is 0.0870. The molecule has 1 aromatic heterocycles. The van der Waals surface area contributed by atoms with Crippen LogP contribution in [-0.4, -0.2) is 15.6 Å². The molecule has 4 aromatic rings. The van der Waals surface area contributed by atoms with Gasteiger partial charge in [-0.15, -0.1) is 0 Å². The zero-order chi connectivity index (χ0) is 22.0. The first-order chi connectivity index (χ1) is 14.9. The zero-order valence-corrected chi connectivity index (χ0v) is 18.0. The highest BCUT2D eigenvalue weighted by Gasteiger charge is 2.11. The first-order valence-electron chi connectivity index (χ1n) is 9.48. The normalized spacial score (nSPS) is 10.8. The van der Waals surface area contributed by atoms with E-state index in [9.17, 15) is 9.59 Å². The number of carbonyl (C=O) groups is 1. The Kier molecular flexibility index (Phi) is 5.93. The quantitative estimate of drug-likeness (QED) is 0.416. The van der Waals surface area contributed by atoms with Crippen molar-refractivity contribution in [1.29, 1.82) is 0 Å². The van der Waals surface area contributed by atoms with Crippen LogP contribution in [-0.2, 0) is 6.54 Å². The minimum Gasteiger partial charge on any atom is -0.308 e. The molecule has 6 nitrogen and oxygen atoms in total. The van der Waals surface area contributed by atoms with Crippen molar-refractivity contribution in [3.05, 3.63) is 98.5 Å². The van der Waals surface area contributed by atoms with Crippen molar-refractivity contribution in [1.82, 2.24) is 9.55 Å². The van der Waals surface area contributed by atoms with Crippen LogP contribution >= 0.6 is 23.2 Å². The molecule has 8 heteroatoms. The van der Waals surface area contributed by atoms with Gasteiger partial charge < -0.3 is 10.6 Å². The average molecular weight is 453 g/mol. The molecule has 0 saturated heterocycles. The molecule has 4 rings (SSSR count). The van der Waals surface area contributed by atoms with Gasteiger partial charge in [-0.3, -0.25) is 9.36 Å². The van der Waals surface area contributed by atoms with Crippen LogP contribution in [0.15, 0.2) is 71.5 Å². The number of hydrogen-bond donors (Lipinski definition) is 2. The zero-order valence-electron chi connectivity index (χ0n) is 16.5. The monoisotopic (exact) mass is 452 g/mol. The second-order valence-corrected chi connectivity index (χ2v) is 7.87. The predicted octanol–water partition coefficient (Wildman–Crippen LogP) is 5.70. The van der Waals surface area contributed by atoms with Crippen molar-refractivity contribution < 1.29 is 4.79 Å². The highest BCUT2D eigenvalue weighted by atomic mass is 35.5. The van der Waals surface area contributed by atoms with Gasteiger partial charge in [0.1, 0.15) is 5.82 Å². The lowest BCUT2D eigenvalue weighted by Crippen LogP contribution is -2.25. The van der Waals surface area contributed by atoms with Gasteiger partial charge in [-0.25, -0.2) is 9.78 Å². The number of urea groups is 1. The molecule has 0 atom stereocenters. The summed E-state index contributed by atoms with van der Waals surface area (Å²) in [6, 6.07) is 18.7. The maximum atomic E-state index is 13.1. The molecule has 0 fully saturated rings. The van der Waals surface area contributed by atoms with Crippen LogP contribution in [0.2, 0.25) is 10.0 Å². The Balaban J connectivity index is 1.61. The van der Waals surface area contributed by atoms with Crippen LogP contribution < -0.4 is 16.2 Å². The summed E-state index contributed by atoms with van der Waals surface area (Å²) in [4.78, 5) is 30.0.